The average molecular weight is 459 g/mol. The van der Waals surface area contributed by atoms with Crippen LogP contribution in [-0.4, -0.2) is 29.9 Å². The summed E-state index contributed by atoms with van der Waals surface area (Å²) in [6.07, 6.45) is 0.886. The molecular weight excluding hydrogens is 431 g/mol. The number of carbonyl (C=O) groups is 2. The number of nitrogens with zero attached hydrogens (tertiary/aromatic N) is 2. The summed E-state index contributed by atoms with van der Waals surface area (Å²) < 4.78 is 20.0. The van der Waals surface area contributed by atoms with E-state index in [1.807, 2.05) is 49.1 Å². The standard InChI is InChI=1S/C28H27FN2O3/c1-3-18-34-23-16-14-20(15-17-23)25-26(30(4-2)22-11-6-5-7-12-22)28(33)31(27(25)32)19-21-10-8-9-13-24(21)29/h5-17H,3-4,18-19H2,1-2H3. The van der Waals surface area contributed by atoms with Crippen molar-refractivity contribution in [3.63, 3.8) is 0 Å². The molecule has 0 saturated carbocycles. The fraction of sp³-hybridized carbons (Fsp3) is 0.214. The van der Waals surface area contributed by atoms with Crippen LogP contribution in [0.2, 0.25) is 0 Å². The van der Waals surface area contributed by atoms with Crippen molar-refractivity contribution in [2.45, 2.75) is 26.8 Å². The van der Waals surface area contributed by atoms with E-state index in [0.29, 0.717) is 30.0 Å². The molecule has 0 aromatic heterocycles. The van der Waals surface area contributed by atoms with Gasteiger partial charge < -0.3 is 9.64 Å². The monoisotopic (exact) mass is 458 g/mol. The predicted molar refractivity (Wildman–Crippen MR) is 131 cm³/mol. The lowest BCUT2D eigenvalue weighted by molar-refractivity contribution is -0.137. The zero-order valence-corrected chi connectivity index (χ0v) is 19.3. The van der Waals surface area contributed by atoms with Gasteiger partial charge in [0.25, 0.3) is 11.8 Å². The molecule has 1 heterocycles. The predicted octanol–water partition coefficient (Wildman–Crippen LogP) is 5.42. The first kappa shape index (κ1) is 23.2. The molecule has 0 fully saturated rings. The fourth-order valence-electron chi connectivity index (χ4n) is 4.03. The summed E-state index contributed by atoms with van der Waals surface area (Å²) in [7, 11) is 0. The SMILES string of the molecule is CCCOc1ccc(C2=C(N(CC)c3ccccc3)C(=O)N(Cc3ccccc3F)C2=O)cc1. The Bertz CT molecular complexity index is 1210. The second-order valence-electron chi connectivity index (χ2n) is 7.96. The van der Waals surface area contributed by atoms with Gasteiger partial charge in [-0.05, 0) is 49.2 Å². The van der Waals surface area contributed by atoms with E-state index in [1.54, 1.807) is 42.5 Å². The lowest BCUT2D eigenvalue weighted by Crippen LogP contribution is -2.35. The number of hydrogen-bond acceptors (Lipinski definition) is 4. The topological polar surface area (TPSA) is 49.9 Å². The van der Waals surface area contributed by atoms with Gasteiger partial charge >= 0.3 is 0 Å². The van der Waals surface area contributed by atoms with Crippen LogP contribution in [0, 0.1) is 5.82 Å². The molecule has 0 N–H and O–H groups in total. The highest BCUT2D eigenvalue weighted by atomic mass is 19.1. The third kappa shape index (κ3) is 4.57. The minimum atomic E-state index is -0.453. The minimum absolute atomic E-state index is 0.138. The van der Waals surface area contributed by atoms with E-state index in [2.05, 4.69) is 0 Å². The van der Waals surface area contributed by atoms with Crippen molar-refractivity contribution in [3.05, 3.63) is 102 Å². The molecule has 0 atom stereocenters. The van der Waals surface area contributed by atoms with Gasteiger partial charge in [0.05, 0.1) is 18.7 Å². The van der Waals surface area contributed by atoms with E-state index >= 15 is 0 Å². The molecule has 0 aliphatic carbocycles. The van der Waals surface area contributed by atoms with Crippen molar-refractivity contribution in [2.75, 3.05) is 18.1 Å². The first-order chi connectivity index (χ1) is 16.5. The Morgan fingerprint density at radius 2 is 1.53 bits per heavy atom. The number of rotatable bonds is 9. The summed E-state index contributed by atoms with van der Waals surface area (Å²) >= 11 is 0. The number of carbonyl (C=O) groups excluding carboxylic acids is 2. The van der Waals surface area contributed by atoms with Crippen LogP contribution < -0.4 is 9.64 Å². The van der Waals surface area contributed by atoms with Crippen LogP contribution in [0.4, 0.5) is 10.1 Å². The molecule has 0 radical (unpaired) electrons. The second-order valence-corrected chi connectivity index (χ2v) is 7.96. The first-order valence-electron chi connectivity index (χ1n) is 11.4. The quantitative estimate of drug-likeness (QED) is 0.402. The molecule has 1 aliphatic rings. The van der Waals surface area contributed by atoms with Crippen LogP contribution in [-0.2, 0) is 16.1 Å². The second kappa shape index (κ2) is 10.3. The molecule has 5 nitrogen and oxygen atoms in total. The van der Waals surface area contributed by atoms with E-state index in [4.69, 9.17) is 4.74 Å². The Morgan fingerprint density at radius 3 is 2.18 bits per heavy atom. The summed E-state index contributed by atoms with van der Waals surface area (Å²) in [4.78, 5) is 30.2. The van der Waals surface area contributed by atoms with Gasteiger partial charge in [-0.3, -0.25) is 14.5 Å². The van der Waals surface area contributed by atoms with E-state index < -0.39 is 17.6 Å². The summed E-state index contributed by atoms with van der Waals surface area (Å²) in [6, 6.07) is 22.8. The molecule has 1 aliphatic heterocycles. The molecule has 34 heavy (non-hydrogen) atoms. The fourth-order valence-corrected chi connectivity index (χ4v) is 4.03. The number of amides is 2. The summed E-state index contributed by atoms with van der Waals surface area (Å²) in [6.45, 7) is 4.89. The highest BCUT2D eigenvalue weighted by molar-refractivity contribution is 6.36. The number of hydrogen-bond donors (Lipinski definition) is 0. The number of halogens is 1. The number of para-hydroxylation sites is 1. The molecule has 0 saturated heterocycles. The largest absolute Gasteiger partial charge is 0.494 e. The summed E-state index contributed by atoms with van der Waals surface area (Å²) in [5.41, 5.74) is 2.29. The van der Waals surface area contributed by atoms with Crippen molar-refractivity contribution in [3.8, 4) is 5.75 Å². The number of likely N-dealkylation sites (N-methyl/N-ethyl adjacent to an activating group) is 1. The van der Waals surface area contributed by atoms with Gasteiger partial charge in [-0.25, -0.2) is 4.39 Å². The normalized spacial score (nSPS) is 13.6. The molecule has 4 rings (SSSR count). The Labute approximate surface area is 199 Å². The van der Waals surface area contributed by atoms with Gasteiger partial charge in [-0.1, -0.05) is 55.5 Å². The highest BCUT2D eigenvalue weighted by Gasteiger charge is 2.41. The van der Waals surface area contributed by atoms with Crippen molar-refractivity contribution in [1.82, 2.24) is 4.90 Å². The third-order valence-electron chi connectivity index (χ3n) is 5.70. The number of ether oxygens (including phenoxy) is 1. The number of anilines is 1. The van der Waals surface area contributed by atoms with Gasteiger partial charge in [-0.2, -0.15) is 0 Å². The van der Waals surface area contributed by atoms with Gasteiger partial charge in [0.15, 0.2) is 0 Å². The van der Waals surface area contributed by atoms with E-state index in [9.17, 15) is 14.0 Å². The number of imide groups is 1. The van der Waals surface area contributed by atoms with E-state index in [-0.39, 0.29) is 17.8 Å². The first-order valence-corrected chi connectivity index (χ1v) is 11.4. The summed E-state index contributed by atoms with van der Waals surface area (Å²) in [5, 5.41) is 0. The Balaban J connectivity index is 1.78. The smallest absolute Gasteiger partial charge is 0.278 e. The Kier molecular flexibility index (Phi) is 7.07. The van der Waals surface area contributed by atoms with Crippen LogP contribution in [0.3, 0.4) is 0 Å². The van der Waals surface area contributed by atoms with Gasteiger partial charge in [0.1, 0.15) is 17.3 Å². The van der Waals surface area contributed by atoms with E-state index in [0.717, 1.165) is 17.0 Å². The molecule has 3 aromatic carbocycles. The zero-order chi connectivity index (χ0) is 24.1. The van der Waals surface area contributed by atoms with Crippen molar-refractivity contribution >= 4 is 23.1 Å². The van der Waals surface area contributed by atoms with Crippen LogP contribution in [0.1, 0.15) is 31.4 Å². The molecular formula is C28H27FN2O3. The molecule has 0 bridgehead atoms. The van der Waals surface area contributed by atoms with Crippen molar-refractivity contribution < 1.29 is 18.7 Å². The van der Waals surface area contributed by atoms with Gasteiger partial charge in [0, 0.05) is 17.8 Å². The average Bonchev–Trinajstić information content (AvgIpc) is 3.10. The molecule has 0 spiro atoms. The minimum Gasteiger partial charge on any atom is -0.494 e. The highest BCUT2D eigenvalue weighted by Crippen LogP contribution is 2.35. The molecule has 174 valence electrons. The molecule has 0 unspecified atom stereocenters. The lowest BCUT2D eigenvalue weighted by Gasteiger charge is -2.25. The zero-order valence-electron chi connectivity index (χ0n) is 19.3. The maximum absolute atomic E-state index is 14.4. The van der Waals surface area contributed by atoms with E-state index in [1.165, 1.54) is 6.07 Å². The number of benzene rings is 3. The van der Waals surface area contributed by atoms with Crippen LogP contribution in [0.5, 0.6) is 5.75 Å². The Hall–Kier alpha value is -3.93. The molecule has 2 amide bonds. The molecule has 3 aromatic rings. The van der Waals surface area contributed by atoms with Crippen LogP contribution >= 0.6 is 0 Å². The maximum Gasteiger partial charge on any atom is 0.278 e. The molecule has 6 heteroatoms. The van der Waals surface area contributed by atoms with Gasteiger partial charge in [-0.15, -0.1) is 0 Å². The maximum atomic E-state index is 14.4. The van der Waals surface area contributed by atoms with Crippen molar-refractivity contribution in [1.29, 1.82) is 0 Å². The third-order valence-corrected chi connectivity index (χ3v) is 5.70. The Morgan fingerprint density at radius 1 is 0.853 bits per heavy atom. The van der Waals surface area contributed by atoms with Gasteiger partial charge in [0.2, 0.25) is 0 Å². The summed E-state index contributed by atoms with van der Waals surface area (Å²) in [5.74, 6) is -0.644. The van der Waals surface area contributed by atoms with Crippen molar-refractivity contribution in [2.24, 2.45) is 0 Å². The lowest BCUT2D eigenvalue weighted by atomic mass is 10.0. The van der Waals surface area contributed by atoms with Crippen LogP contribution in [0.15, 0.2) is 84.6 Å². The van der Waals surface area contributed by atoms with Crippen LogP contribution in [0.25, 0.3) is 5.57 Å².